The van der Waals surface area contributed by atoms with E-state index in [9.17, 15) is 4.79 Å². The van der Waals surface area contributed by atoms with Gasteiger partial charge < -0.3 is 9.84 Å². The van der Waals surface area contributed by atoms with Gasteiger partial charge in [-0.15, -0.1) is 0 Å². The van der Waals surface area contributed by atoms with Crippen LogP contribution in [0.15, 0.2) is 0 Å². The highest BCUT2D eigenvalue weighted by Crippen LogP contribution is 2.42. The van der Waals surface area contributed by atoms with Crippen LogP contribution < -0.4 is 0 Å². The summed E-state index contributed by atoms with van der Waals surface area (Å²) in [6, 6.07) is 0. The molecule has 1 aliphatic rings. The SMILES string of the molecule is CC1(C)OC(C)(C)[C@@H](C(=O)O)C[C@H]1Br. The molecule has 0 radical (unpaired) electrons. The first-order valence-electron chi connectivity index (χ1n) is 4.74. The Hall–Kier alpha value is -0.0900. The second kappa shape index (κ2) is 3.49. The minimum absolute atomic E-state index is 0.0872. The molecule has 4 heteroatoms. The van der Waals surface area contributed by atoms with Gasteiger partial charge in [-0.3, -0.25) is 4.79 Å². The molecule has 0 aromatic carbocycles. The van der Waals surface area contributed by atoms with E-state index in [-0.39, 0.29) is 10.4 Å². The van der Waals surface area contributed by atoms with Crippen molar-refractivity contribution >= 4 is 21.9 Å². The maximum atomic E-state index is 11.0. The second-order valence-corrected chi connectivity index (χ2v) is 6.01. The van der Waals surface area contributed by atoms with E-state index in [1.807, 2.05) is 27.7 Å². The van der Waals surface area contributed by atoms with Crippen LogP contribution in [0.4, 0.5) is 0 Å². The number of ether oxygens (including phenoxy) is 1. The average molecular weight is 265 g/mol. The first-order chi connectivity index (χ1) is 6.17. The fourth-order valence-electron chi connectivity index (χ4n) is 1.99. The molecule has 2 atom stereocenters. The number of hydrogen-bond acceptors (Lipinski definition) is 2. The molecule has 0 spiro atoms. The lowest BCUT2D eigenvalue weighted by Gasteiger charge is -2.47. The van der Waals surface area contributed by atoms with Crippen LogP contribution in [0.5, 0.6) is 0 Å². The Balaban J connectivity index is 2.91. The zero-order valence-corrected chi connectivity index (χ0v) is 10.6. The van der Waals surface area contributed by atoms with E-state index in [4.69, 9.17) is 9.84 Å². The Morgan fingerprint density at radius 3 is 2.29 bits per heavy atom. The van der Waals surface area contributed by atoms with Gasteiger partial charge in [0.15, 0.2) is 0 Å². The number of carbonyl (C=O) groups is 1. The maximum absolute atomic E-state index is 11.0. The molecule has 0 aliphatic carbocycles. The molecular weight excluding hydrogens is 248 g/mol. The number of hydrogen-bond donors (Lipinski definition) is 1. The Labute approximate surface area is 93.0 Å². The van der Waals surface area contributed by atoms with E-state index in [2.05, 4.69) is 15.9 Å². The minimum atomic E-state index is -0.782. The largest absolute Gasteiger partial charge is 0.481 e. The zero-order valence-electron chi connectivity index (χ0n) is 9.00. The van der Waals surface area contributed by atoms with Gasteiger partial charge in [-0.25, -0.2) is 0 Å². The van der Waals surface area contributed by atoms with E-state index < -0.39 is 17.5 Å². The van der Waals surface area contributed by atoms with Crippen LogP contribution in [-0.4, -0.2) is 27.1 Å². The molecule has 0 aromatic heterocycles. The van der Waals surface area contributed by atoms with Crippen LogP contribution in [0.2, 0.25) is 0 Å². The van der Waals surface area contributed by atoms with Crippen molar-refractivity contribution in [2.75, 3.05) is 0 Å². The standard InChI is InChI=1S/C10H17BrO3/c1-9(2)6(8(12)13)5-7(11)10(3,4)14-9/h6-7H,5H2,1-4H3,(H,12,13)/t6-,7-/m1/s1. The summed E-state index contributed by atoms with van der Waals surface area (Å²) in [5, 5.41) is 9.06. The summed E-state index contributed by atoms with van der Waals surface area (Å²) >= 11 is 3.48. The third kappa shape index (κ3) is 2.11. The molecule has 1 heterocycles. The van der Waals surface area contributed by atoms with Crippen LogP contribution in [0, 0.1) is 5.92 Å². The number of alkyl halides is 1. The van der Waals surface area contributed by atoms with Gasteiger partial charge in [-0.05, 0) is 34.1 Å². The minimum Gasteiger partial charge on any atom is -0.481 e. The molecule has 0 saturated carbocycles. The van der Waals surface area contributed by atoms with E-state index >= 15 is 0 Å². The van der Waals surface area contributed by atoms with Gasteiger partial charge in [0.25, 0.3) is 0 Å². The predicted octanol–water partition coefficient (Wildman–Crippen LogP) is 2.43. The Morgan fingerprint density at radius 1 is 1.36 bits per heavy atom. The molecule has 1 saturated heterocycles. The molecule has 0 unspecified atom stereocenters. The van der Waals surface area contributed by atoms with Gasteiger partial charge in [0.05, 0.1) is 17.1 Å². The lowest BCUT2D eigenvalue weighted by molar-refractivity contribution is -0.194. The van der Waals surface area contributed by atoms with E-state index in [1.54, 1.807) is 0 Å². The maximum Gasteiger partial charge on any atom is 0.309 e. The average Bonchev–Trinajstić information content (AvgIpc) is 1.93. The molecule has 1 rings (SSSR count). The van der Waals surface area contributed by atoms with Gasteiger partial charge in [0, 0.05) is 4.83 Å². The second-order valence-electron chi connectivity index (χ2n) is 4.90. The van der Waals surface area contributed by atoms with Gasteiger partial charge in [0.2, 0.25) is 0 Å². The lowest BCUT2D eigenvalue weighted by Crippen LogP contribution is -2.55. The predicted molar refractivity (Wildman–Crippen MR) is 57.7 cm³/mol. The van der Waals surface area contributed by atoms with Crippen molar-refractivity contribution < 1.29 is 14.6 Å². The fraction of sp³-hybridized carbons (Fsp3) is 0.900. The molecule has 1 fully saturated rings. The monoisotopic (exact) mass is 264 g/mol. The summed E-state index contributed by atoms with van der Waals surface area (Å²) in [4.78, 5) is 11.1. The van der Waals surface area contributed by atoms with Crippen LogP contribution in [-0.2, 0) is 9.53 Å². The number of rotatable bonds is 1. The third-order valence-corrected chi connectivity index (χ3v) is 4.34. The molecule has 82 valence electrons. The summed E-state index contributed by atoms with van der Waals surface area (Å²) in [5.41, 5.74) is -0.908. The van der Waals surface area contributed by atoms with Crippen LogP contribution in [0.25, 0.3) is 0 Å². The summed E-state index contributed by atoms with van der Waals surface area (Å²) in [7, 11) is 0. The zero-order chi connectivity index (χ0) is 11.1. The van der Waals surface area contributed by atoms with Crippen LogP contribution in [0.1, 0.15) is 34.1 Å². The third-order valence-electron chi connectivity index (χ3n) is 2.86. The molecule has 0 aromatic rings. The number of carboxylic acids is 1. The Morgan fingerprint density at radius 2 is 1.86 bits per heavy atom. The van der Waals surface area contributed by atoms with E-state index in [1.165, 1.54) is 0 Å². The highest BCUT2D eigenvalue weighted by Gasteiger charge is 2.49. The molecule has 3 nitrogen and oxygen atoms in total. The summed E-state index contributed by atoms with van der Waals surface area (Å²) in [6.07, 6.45) is 0.606. The van der Waals surface area contributed by atoms with E-state index in [0.29, 0.717) is 6.42 Å². The summed E-state index contributed by atoms with van der Waals surface area (Å²) in [6.45, 7) is 7.64. The van der Waals surface area contributed by atoms with Crippen molar-refractivity contribution in [3.63, 3.8) is 0 Å². The topological polar surface area (TPSA) is 46.5 Å². The van der Waals surface area contributed by atoms with Gasteiger partial charge in [-0.1, -0.05) is 15.9 Å². The molecule has 0 amide bonds. The molecular formula is C10H17BrO3. The number of aliphatic carboxylic acids is 1. The number of carboxylic acid groups (broad SMARTS) is 1. The molecule has 0 bridgehead atoms. The lowest BCUT2D eigenvalue weighted by atomic mass is 9.79. The summed E-state index contributed by atoms with van der Waals surface area (Å²) in [5.74, 6) is -1.23. The van der Waals surface area contributed by atoms with Crippen molar-refractivity contribution in [3.05, 3.63) is 0 Å². The first-order valence-corrected chi connectivity index (χ1v) is 5.65. The van der Waals surface area contributed by atoms with Crippen LogP contribution >= 0.6 is 15.9 Å². The van der Waals surface area contributed by atoms with Gasteiger partial charge in [-0.2, -0.15) is 0 Å². The molecule has 1 N–H and O–H groups in total. The Bertz CT molecular complexity index is 248. The summed E-state index contributed by atoms with van der Waals surface area (Å²) < 4.78 is 5.82. The van der Waals surface area contributed by atoms with Crippen molar-refractivity contribution in [1.82, 2.24) is 0 Å². The van der Waals surface area contributed by atoms with Crippen LogP contribution in [0.3, 0.4) is 0 Å². The Kier molecular flexibility index (Phi) is 2.99. The van der Waals surface area contributed by atoms with Crippen molar-refractivity contribution in [2.24, 2.45) is 5.92 Å². The highest BCUT2D eigenvalue weighted by molar-refractivity contribution is 9.09. The van der Waals surface area contributed by atoms with E-state index in [0.717, 1.165) is 0 Å². The molecule has 14 heavy (non-hydrogen) atoms. The van der Waals surface area contributed by atoms with Crippen molar-refractivity contribution in [1.29, 1.82) is 0 Å². The first kappa shape index (κ1) is 12.0. The van der Waals surface area contributed by atoms with Crippen molar-refractivity contribution in [3.8, 4) is 0 Å². The smallest absolute Gasteiger partial charge is 0.309 e. The highest BCUT2D eigenvalue weighted by atomic mass is 79.9. The van der Waals surface area contributed by atoms with Gasteiger partial charge in [0.1, 0.15) is 0 Å². The fourth-order valence-corrected chi connectivity index (χ4v) is 2.45. The quantitative estimate of drug-likeness (QED) is 0.741. The number of halogens is 1. The van der Waals surface area contributed by atoms with Gasteiger partial charge >= 0.3 is 5.97 Å². The normalized spacial score (nSPS) is 35.2. The van der Waals surface area contributed by atoms with Crippen molar-refractivity contribution in [2.45, 2.75) is 50.1 Å². The molecule has 1 aliphatic heterocycles.